The van der Waals surface area contributed by atoms with Gasteiger partial charge in [0.1, 0.15) is 0 Å². The van der Waals surface area contributed by atoms with Gasteiger partial charge in [0.05, 0.1) is 11.1 Å². The first-order valence-corrected chi connectivity index (χ1v) is 9.89. The van der Waals surface area contributed by atoms with Crippen LogP contribution in [0.5, 0.6) is 0 Å². The number of alkyl halides is 3. The Morgan fingerprint density at radius 3 is 2.50 bits per heavy atom. The number of rotatable bonds is 5. The SMILES string of the molecule is O=C(O)c1cccc(-c2cccc3cc(CNc4cccc(C(F)(F)F)c4)sc23)c1. The number of hydrogen-bond acceptors (Lipinski definition) is 3. The van der Waals surface area contributed by atoms with Gasteiger partial charge in [-0.15, -0.1) is 11.3 Å². The van der Waals surface area contributed by atoms with Gasteiger partial charge in [0.2, 0.25) is 0 Å². The standard InChI is InChI=1S/C23H16F3NO2S/c24-23(25,26)17-7-3-8-18(12-17)27-13-19-11-15-5-2-9-20(21(15)30-19)14-4-1-6-16(10-14)22(28)29/h1-12,27H,13H2,(H,28,29). The minimum absolute atomic E-state index is 0.215. The molecule has 152 valence electrons. The molecule has 0 radical (unpaired) electrons. The average Bonchev–Trinajstić information content (AvgIpc) is 3.15. The van der Waals surface area contributed by atoms with Crippen molar-refractivity contribution >= 4 is 33.1 Å². The Morgan fingerprint density at radius 2 is 1.73 bits per heavy atom. The molecule has 4 rings (SSSR count). The second-order valence-electron chi connectivity index (χ2n) is 6.75. The second kappa shape index (κ2) is 7.84. The predicted octanol–water partition coefficient (Wildman–Crippen LogP) is 6.90. The molecular formula is C23H16F3NO2S. The Hall–Kier alpha value is -3.32. The third kappa shape index (κ3) is 4.16. The number of aromatic carboxylic acids is 1. The topological polar surface area (TPSA) is 49.3 Å². The summed E-state index contributed by atoms with van der Waals surface area (Å²) in [5.41, 5.74) is 1.65. The Kier molecular flexibility index (Phi) is 5.22. The van der Waals surface area contributed by atoms with E-state index in [0.717, 1.165) is 38.2 Å². The first-order valence-electron chi connectivity index (χ1n) is 9.07. The summed E-state index contributed by atoms with van der Waals surface area (Å²) in [7, 11) is 0. The average molecular weight is 427 g/mol. The third-order valence-electron chi connectivity index (χ3n) is 4.67. The maximum atomic E-state index is 12.9. The highest BCUT2D eigenvalue weighted by molar-refractivity contribution is 7.19. The number of benzene rings is 3. The van der Waals surface area contributed by atoms with Crippen LogP contribution in [-0.4, -0.2) is 11.1 Å². The molecule has 0 spiro atoms. The van der Waals surface area contributed by atoms with Gasteiger partial charge in [0.15, 0.2) is 0 Å². The number of anilines is 1. The molecular weight excluding hydrogens is 411 g/mol. The van der Waals surface area contributed by atoms with Gasteiger partial charge in [0.25, 0.3) is 0 Å². The minimum Gasteiger partial charge on any atom is -0.478 e. The van der Waals surface area contributed by atoms with E-state index in [1.807, 2.05) is 30.3 Å². The van der Waals surface area contributed by atoms with E-state index in [0.29, 0.717) is 12.2 Å². The second-order valence-corrected chi connectivity index (χ2v) is 7.89. The van der Waals surface area contributed by atoms with Crippen LogP contribution in [0.1, 0.15) is 20.8 Å². The van der Waals surface area contributed by atoms with Crippen molar-refractivity contribution < 1.29 is 23.1 Å². The fraction of sp³-hybridized carbons (Fsp3) is 0.0870. The molecule has 0 amide bonds. The van der Waals surface area contributed by atoms with Crippen LogP contribution in [0.3, 0.4) is 0 Å². The first kappa shape index (κ1) is 20.0. The largest absolute Gasteiger partial charge is 0.478 e. The highest BCUT2D eigenvalue weighted by atomic mass is 32.1. The maximum absolute atomic E-state index is 12.9. The molecule has 3 aromatic carbocycles. The van der Waals surface area contributed by atoms with Gasteiger partial charge in [-0.3, -0.25) is 0 Å². The third-order valence-corrected chi connectivity index (χ3v) is 5.86. The van der Waals surface area contributed by atoms with E-state index in [4.69, 9.17) is 0 Å². The van der Waals surface area contributed by atoms with Crippen LogP contribution in [-0.2, 0) is 12.7 Å². The van der Waals surface area contributed by atoms with Crippen molar-refractivity contribution in [1.29, 1.82) is 0 Å². The quantitative estimate of drug-likeness (QED) is 0.364. The molecule has 1 heterocycles. The fourth-order valence-corrected chi connectivity index (χ4v) is 4.38. The maximum Gasteiger partial charge on any atom is 0.416 e. The van der Waals surface area contributed by atoms with Gasteiger partial charge in [0, 0.05) is 21.8 Å². The Balaban J connectivity index is 1.61. The van der Waals surface area contributed by atoms with Crippen molar-refractivity contribution in [3.63, 3.8) is 0 Å². The molecule has 0 aliphatic carbocycles. The molecule has 2 N–H and O–H groups in total. The lowest BCUT2D eigenvalue weighted by atomic mass is 10.0. The molecule has 1 aromatic heterocycles. The number of fused-ring (bicyclic) bond motifs is 1. The zero-order valence-electron chi connectivity index (χ0n) is 15.5. The zero-order chi connectivity index (χ0) is 21.3. The molecule has 4 aromatic rings. The lowest BCUT2D eigenvalue weighted by molar-refractivity contribution is -0.137. The first-order chi connectivity index (χ1) is 14.3. The summed E-state index contributed by atoms with van der Waals surface area (Å²) in [5, 5.41) is 13.3. The smallest absolute Gasteiger partial charge is 0.416 e. The summed E-state index contributed by atoms with van der Waals surface area (Å²) in [6.45, 7) is 0.384. The van der Waals surface area contributed by atoms with Gasteiger partial charge in [-0.2, -0.15) is 13.2 Å². The van der Waals surface area contributed by atoms with Crippen LogP contribution >= 0.6 is 11.3 Å². The van der Waals surface area contributed by atoms with E-state index < -0.39 is 17.7 Å². The van der Waals surface area contributed by atoms with Crippen LogP contribution in [0.25, 0.3) is 21.2 Å². The summed E-state index contributed by atoms with van der Waals surface area (Å²) in [5.74, 6) is -0.985. The predicted molar refractivity (Wildman–Crippen MR) is 113 cm³/mol. The van der Waals surface area contributed by atoms with Crippen molar-refractivity contribution in [3.05, 3.63) is 88.8 Å². The number of thiophene rings is 1. The minimum atomic E-state index is -4.38. The lowest BCUT2D eigenvalue weighted by Crippen LogP contribution is -2.06. The van der Waals surface area contributed by atoms with Gasteiger partial charge in [-0.1, -0.05) is 36.4 Å². The highest BCUT2D eigenvalue weighted by Gasteiger charge is 2.30. The fourth-order valence-electron chi connectivity index (χ4n) is 3.25. The number of carboxylic acids is 1. The van der Waals surface area contributed by atoms with E-state index in [1.54, 1.807) is 24.3 Å². The summed E-state index contributed by atoms with van der Waals surface area (Å²) >= 11 is 1.53. The molecule has 0 unspecified atom stereocenters. The van der Waals surface area contributed by atoms with Gasteiger partial charge < -0.3 is 10.4 Å². The molecule has 0 saturated carbocycles. The molecule has 0 fully saturated rings. The zero-order valence-corrected chi connectivity index (χ0v) is 16.3. The molecule has 7 heteroatoms. The number of hydrogen-bond donors (Lipinski definition) is 2. The summed E-state index contributed by atoms with van der Waals surface area (Å²) in [6.07, 6.45) is -4.38. The van der Waals surface area contributed by atoms with Crippen molar-refractivity contribution in [2.45, 2.75) is 12.7 Å². The molecule has 0 aliphatic rings. The lowest BCUT2D eigenvalue weighted by Gasteiger charge is -2.10. The van der Waals surface area contributed by atoms with Crippen molar-refractivity contribution in [2.24, 2.45) is 0 Å². The molecule has 0 saturated heterocycles. The van der Waals surface area contributed by atoms with Crippen LogP contribution in [0.15, 0.2) is 72.8 Å². The van der Waals surface area contributed by atoms with E-state index in [9.17, 15) is 23.1 Å². The van der Waals surface area contributed by atoms with Crippen LogP contribution in [0.4, 0.5) is 18.9 Å². The molecule has 3 nitrogen and oxygen atoms in total. The summed E-state index contributed by atoms with van der Waals surface area (Å²) in [6, 6.07) is 19.7. The molecule has 0 aliphatic heterocycles. The van der Waals surface area contributed by atoms with Crippen molar-refractivity contribution in [3.8, 4) is 11.1 Å². The molecule has 30 heavy (non-hydrogen) atoms. The van der Waals surface area contributed by atoms with E-state index >= 15 is 0 Å². The van der Waals surface area contributed by atoms with Crippen LogP contribution < -0.4 is 5.32 Å². The summed E-state index contributed by atoms with van der Waals surface area (Å²) < 4.78 is 39.7. The monoisotopic (exact) mass is 427 g/mol. The Morgan fingerprint density at radius 1 is 0.967 bits per heavy atom. The van der Waals surface area contributed by atoms with Crippen molar-refractivity contribution in [1.82, 2.24) is 0 Å². The van der Waals surface area contributed by atoms with E-state index in [2.05, 4.69) is 5.32 Å². The number of carbonyl (C=O) groups is 1. The summed E-state index contributed by atoms with van der Waals surface area (Å²) in [4.78, 5) is 12.2. The van der Waals surface area contributed by atoms with Crippen LogP contribution in [0, 0.1) is 0 Å². The van der Waals surface area contributed by atoms with Gasteiger partial charge >= 0.3 is 12.1 Å². The van der Waals surface area contributed by atoms with Gasteiger partial charge in [-0.05, 0) is 52.9 Å². The Bertz CT molecular complexity index is 1230. The van der Waals surface area contributed by atoms with E-state index in [1.165, 1.54) is 17.4 Å². The number of nitrogens with one attached hydrogen (secondary N) is 1. The normalized spacial score (nSPS) is 11.6. The number of carboxylic acid groups (broad SMARTS) is 1. The molecule has 0 bridgehead atoms. The Labute approximate surface area is 174 Å². The van der Waals surface area contributed by atoms with Crippen LogP contribution in [0.2, 0.25) is 0 Å². The van der Waals surface area contributed by atoms with Crippen molar-refractivity contribution in [2.75, 3.05) is 5.32 Å². The van der Waals surface area contributed by atoms with E-state index in [-0.39, 0.29) is 5.56 Å². The molecule has 0 atom stereocenters. The highest BCUT2D eigenvalue weighted by Crippen LogP contribution is 2.36. The van der Waals surface area contributed by atoms with Gasteiger partial charge in [-0.25, -0.2) is 4.79 Å². The number of halogens is 3.